The Hall–Kier alpha value is -4.09. The van der Waals surface area contributed by atoms with Crippen molar-refractivity contribution in [1.82, 2.24) is 10.2 Å². The highest BCUT2D eigenvalue weighted by Gasteiger charge is 2.33. The first-order valence-corrected chi connectivity index (χ1v) is 11.6. The third-order valence-corrected chi connectivity index (χ3v) is 6.09. The lowest BCUT2D eigenvalue weighted by Crippen LogP contribution is -2.30. The molecule has 8 heteroatoms. The molecule has 0 saturated carbocycles. The molecular formula is C27H22BrN3O4. The van der Waals surface area contributed by atoms with E-state index >= 15 is 0 Å². The quantitative estimate of drug-likeness (QED) is 0.329. The summed E-state index contributed by atoms with van der Waals surface area (Å²) < 4.78 is 12.1. The van der Waals surface area contributed by atoms with Gasteiger partial charge in [0.15, 0.2) is 11.5 Å². The van der Waals surface area contributed by atoms with E-state index in [1.165, 1.54) is 12.0 Å². The van der Waals surface area contributed by atoms with E-state index < -0.39 is 11.9 Å². The van der Waals surface area contributed by atoms with Crippen molar-refractivity contribution in [3.8, 4) is 17.6 Å². The second-order valence-electron chi connectivity index (χ2n) is 7.96. The fourth-order valence-electron chi connectivity index (χ4n) is 3.63. The van der Waals surface area contributed by atoms with Crippen LogP contribution in [0.5, 0.6) is 11.5 Å². The Morgan fingerprint density at radius 1 is 1.11 bits per heavy atom. The first kappa shape index (κ1) is 24.0. The summed E-state index contributed by atoms with van der Waals surface area (Å²) in [6, 6.07) is 20.0. The maximum absolute atomic E-state index is 12.9. The molecule has 7 nitrogen and oxygen atoms in total. The Kier molecular flexibility index (Phi) is 7.18. The van der Waals surface area contributed by atoms with Crippen LogP contribution in [-0.2, 0) is 17.9 Å². The number of carbonyl (C=O) groups excluding carboxylic acids is 2. The summed E-state index contributed by atoms with van der Waals surface area (Å²) in [7, 11) is 1.51. The van der Waals surface area contributed by atoms with E-state index in [0.717, 1.165) is 16.7 Å². The number of urea groups is 1. The molecule has 0 aliphatic carbocycles. The Bertz CT molecular complexity index is 1360. The van der Waals surface area contributed by atoms with Crippen LogP contribution in [0.1, 0.15) is 27.8 Å². The topological polar surface area (TPSA) is 91.7 Å². The van der Waals surface area contributed by atoms with Crippen molar-refractivity contribution in [2.75, 3.05) is 7.11 Å². The summed E-state index contributed by atoms with van der Waals surface area (Å²) in [6.07, 6.45) is 1.59. The van der Waals surface area contributed by atoms with Crippen LogP contribution in [-0.4, -0.2) is 23.9 Å². The average molecular weight is 532 g/mol. The summed E-state index contributed by atoms with van der Waals surface area (Å²) in [5.74, 6) is 0.498. The molecule has 176 valence electrons. The molecule has 1 heterocycles. The van der Waals surface area contributed by atoms with E-state index in [-0.39, 0.29) is 18.8 Å². The molecule has 0 spiro atoms. The minimum atomic E-state index is -0.469. The molecule has 1 saturated heterocycles. The molecule has 1 aliphatic rings. The molecule has 1 aliphatic heterocycles. The number of aryl methyl sites for hydroxylation is 1. The molecule has 3 aromatic rings. The Balaban J connectivity index is 1.54. The molecule has 35 heavy (non-hydrogen) atoms. The number of amides is 3. The van der Waals surface area contributed by atoms with Crippen molar-refractivity contribution in [3.63, 3.8) is 0 Å². The summed E-state index contributed by atoms with van der Waals surface area (Å²) in [5.41, 5.74) is 4.07. The van der Waals surface area contributed by atoms with Gasteiger partial charge in [-0.25, -0.2) is 4.79 Å². The molecule has 0 aromatic heterocycles. The van der Waals surface area contributed by atoms with Gasteiger partial charge < -0.3 is 14.8 Å². The van der Waals surface area contributed by atoms with Crippen molar-refractivity contribution < 1.29 is 19.1 Å². The van der Waals surface area contributed by atoms with Gasteiger partial charge in [-0.3, -0.25) is 9.69 Å². The van der Waals surface area contributed by atoms with Gasteiger partial charge in [-0.2, -0.15) is 5.26 Å². The zero-order valence-electron chi connectivity index (χ0n) is 19.2. The standard InChI is InChI=1S/C27H22BrN3O4/c1-17-7-9-18(10-8-17)15-31-26(32)23(30-27(31)33)12-19-11-22(28)25(24(13-19)34-2)35-16-21-6-4-3-5-20(21)14-29/h3-13H,15-16H2,1-2H3,(H,30,33)/b23-12+. The highest BCUT2D eigenvalue weighted by atomic mass is 79.9. The number of nitrogens with one attached hydrogen (secondary N) is 1. The van der Waals surface area contributed by atoms with Crippen LogP contribution in [0.15, 0.2) is 70.8 Å². The summed E-state index contributed by atoms with van der Waals surface area (Å²) in [4.78, 5) is 26.5. The van der Waals surface area contributed by atoms with E-state index in [4.69, 9.17) is 9.47 Å². The SMILES string of the molecule is COc1cc(/C=C2/NC(=O)N(Cc3ccc(C)cc3)C2=O)cc(Br)c1OCc1ccccc1C#N. The highest BCUT2D eigenvalue weighted by Crippen LogP contribution is 2.38. The monoisotopic (exact) mass is 531 g/mol. The van der Waals surface area contributed by atoms with E-state index in [1.54, 1.807) is 30.3 Å². The van der Waals surface area contributed by atoms with Crippen LogP contribution < -0.4 is 14.8 Å². The predicted molar refractivity (Wildman–Crippen MR) is 134 cm³/mol. The van der Waals surface area contributed by atoms with Crippen molar-refractivity contribution in [3.05, 3.63) is 98.7 Å². The van der Waals surface area contributed by atoms with Gasteiger partial charge in [-0.15, -0.1) is 0 Å². The molecule has 0 bridgehead atoms. The third-order valence-electron chi connectivity index (χ3n) is 5.50. The van der Waals surface area contributed by atoms with Crippen LogP contribution >= 0.6 is 15.9 Å². The predicted octanol–water partition coefficient (Wildman–Crippen LogP) is 5.31. The van der Waals surface area contributed by atoms with Crippen LogP contribution in [0.3, 0.4) is 0 Å². The summed E-state index contributed by atoms with van der Waals surface area (Å²) in [5, 5.41) is 11.9. The van der Waals surface area contributed by atoms with Gasteiger partial charge in [0.2, 0.25) is 0 Å². The van der Waals surface area contributed by atoms with Crippen molar-refractivity contribution >= 4 is 33.9 Å². The molecular weight excluding hydrogens is 510 g/mol. The number of hydrogen-bond acceptors (Lipinski definition) is 5. The molecule has 4 rings (SSSR count). The van der Waals surface area contributed by atoms with Gasteiger partial charge in [-0.1, -0.05) is 48.0 Å². The molecule has 3 amide bonds. The molecule has 0 radical (unpaired) electrons. The molecule has 3 aromatic carbocycles. The van der Waals surface area contributed by atoms with E-state index in [9.17, 15) is 14.9 Å². The number of nitriles is 1. The zero-order valence-corrected chi connectivity index (χ0v) is 20.8. The molecule has 1 fully saturated rings. The van der Waals surface area contributed by atoms with Gasteiger partial charge in [0, 0.05) is 5.56 Å². The van der Waals surface area contributed by atoms with Crippen LogP contribution in [0.4, 0.5) is 4.79 Å². The fourth-order valence-corrected chi connectivity index (χ4v) is 4.20. The maximum Gasteiger partial charge on any atom is 0.329 e. The largest absolute Gasteiger partial charge is 0.493 e. The number of ether oxygens (including phenoxy) is 2. The zero-order chi connectivity index (χ0) is 24.9. The number of methoxy groups -OCH3 is 1. The minimum absolute atomic E-state index is 0.174. The van der Waals surface area contributed by atoms with E-state index in [2.05, 4.69) is 27.3 Å². The Morgan fingerprint density at radius 2 is 1.86 bits per heavy atom. The lowest BCUT2D eigenvalue weighted by Gasteiger charge is -2.14. The molecule has 1 N–H and O–H groups in total. The van der Waals surface area contributed by atoms with Crippen molar-refractivity contribution in [2.24, 2.45) is 0 Å². The average Bonchev–Trinajstić information content (AvgIpc) is 3.11. The fraction of sp³-hybridized carbons (Fsp3) is 0.148. The first-order chi connectivity index (χ1) is 16.9. The van der Waals surface area contributed by atoms with Crippen LogP contribution in [0, 0.1) is 18.3 Å². The van der Waals surface area contributed by atoms with Crippen LogP contribution in [0.25, 0.3) is 6.08 Å². The van der Waals surface area contributed by atoms with Gasteiger partial charge in [-0.05, 0) is 58.3 Å². The second-order valence-corrected chi connectivity index (χ2v) is 8.81. The number of halogens is 1. The lowest BCUT2D eigenvalue weighted by molar-refractivity contribution is -0.123. The number of nitrogens with zero attached hydrogens (tertiary/aromatic N) is 2. The first-order valence-electron chi connectivity index (χ1n) is 10.8. The van der Waals surface area contributed by atoms with Gasteiger partial charge in [0.05, 0.1) is 29.8 Å². The molecule has 0 unspecified atom stereocenters. The van der Waals surface area contributed by atoms with Gasteiger partial charge in [0.25, 0.3) is 5.91 Å². The van der Waals surface area contributed by atoms with E-state index in [0.29, 0.717) is 27.1 Å². The van der Waals surface area contributed by atoms with Gasteiger partial charge in [0.1, 0.15) is 12.3 Å². The van der Waals surface area contributed by atoms with Crippen molar-refractivity contribution in [1.29, 1.82) is 5.26 Å². The third kappa shape index (κ3) is 5.36. The summed E-state index contributed by atoms with van der Waals surface area (Å²) in [6.45, 7) is 2.35. The minimum Gasteiger partial charge on any atom is -0.493 e. The number of carbonyl (C=O) groups is 2. The van der Waals surface area contributed by atoms with Crippen molar-refractivity contribution in [2.45, 2.75) is 20.1 Å². The Morgan fingerprint density at radius 3 is 2.57 bits per heavy atom. The lowest BCUT2D eigenvalue weighted by atomic mass is 10.1. The van der Waals surface area contributed by atoms with Crippen LogP contribution in [0.2, 0.25) is 0 Å². The number of imide groups is 1. The molecule has 0 atom stereocenters. The number of rotatable bonds is 7. The maximum atomic E-state index is 12.9. The number of benzene rings is 3. The van der Waals surface area contributed by atoms with Gasteiger partial charge >= 0.3 is 6.03 Å². The highest BCUT2D eigenvalue weighted by molar-refractivity contribution is 9.10. The second kappa shape index (κ2) is 10.5. The normalized spacial score (nSPS) is 14.1. The van der Waals surface area contributed by atoms with E-state index in [1.807, 2.05) is 43.3 Å². The summed E-state index contributed by atoms with van der Waals surface area (Å²) >= 11 is 3.50. The Labute approximate surface area is 211 Å². The number of hydrogen-bond donors (Lipinski definition) is 1. The smallest absolute Gasteiger partial charge is 0.329 e.